The summed E-state index contributed by atoms with van der Waals surface area (Å²) in [5, 5.41) is 14.9. The Labute approximate surface area is 523 Å². The number of carboxylic acids is 1. The molecule has 6 fully saturated rings. The Balaban J connectivity index is 0.000000176. The molecule has 10 atom stereocenters. The van der Waals surface area contributed by atoms with E-state index >= 15 is 0 Å². The molecule has 2 saturated heterocycles. The molecular weight excluding hydrogens is 1180 g/mol. The summed E-state index contributed by atoms with van der Waals surface area (Å²) >= 11 is 0. The van der Waals surface area contributed by atoms with Crippen LogP contribution >= 0.6 is 0 Å². The number of primary sulfonamides is 1. The lowest BCUT2D eigenvalue weighted by molar-refractivity contribution is -0.147. The fourth-order valence-electron chi connectivity index (χ4n) is 13.5. The molecule has 4 saturated carbocycles. The van der Waals surface area contributed by atoms with Crippen LogP contribution in [0, 0.1) is 34.5 Å². The second kappa shape index (κ2) is 26.0. The number of nitrogens with two attached hydrogens (primary N) is 1. The highest BCUT2D eigenvalue weighted by molar-refractivity contribution is 7.91. The highest BCUT2D eigenvalue weighted by Gasteiger charge is 2.63. The maximum atomic E-state index is 14.1. The second-order valence-electron chi connectivity index (χ2n) is 27.1. The van der Waals surface area contributed by atoms with Crippen molar-refractivity contribution in [1.82, 2.24) is 33.6 Å². The number of Topliss-reactive ketones (excluding diaryl/α,β-unsaturated/α-hetero) is 2. The lowest BCUT2D eigenvalue weighted by atomic mass is 9.91. The summed E-state index contributed by atoms with van der Waals surface area (Å²) in [7, 11) is -7.08. The number of aliphatic carboxylic acids is 1. The van der Waals surface area contributed by atoms with Crippen molar-refractivity contribution in [2.75, 3.05) is 13.1 Å². The highest BCUT2D eigenvalue weighted by atomic mass is 32.2. The third-order valence-electron chi connectivity index (χ3n) is 20.4. The lowest BCUT2D eigenvalue weighted by Crippen LogP contribution is -2.46. The summed E-state index contributed by atoms with van der Waals surface area (Å²) in [6.07, 6.45) is 20.2. The Morgan fingerprint density at radius 1 is 0.640 bits per heavy atom. The molecule has 0 bridgehead atoms. The molecule has 484 valence electrons. The standard InChI is InChI=1S/C33H44N4O6S.C29H37N3O5.C4H9NO2S/c1-4-36-26-15-11-10-14-25(26)34-31(36)43-24-18-27-28(38)20-33(30(40)35-44(41,42)32(3)16-17-32)19-23(33)13-9-7-5-6-8-12-22(2)29(39)37(27)21-24;1-3-31-23-14-10-9-13-22(23)30-28(31)37-21-15-24-25(33)17-29(27(35)36)16-20(29)12-8-6-4-5-7-11-19(2)26(34)32(24)18-21;1-4(2-3-4)8(5,6)7/h9-11,13-15,22-24,27H,4-8,12,16-21H2,1-3H3,(H,35,40);8-10,12-14,19-21,24H,3-7,11,15-18H2,1-2H3,(H,35,36);2-3H2,1H3,(H2,5,6,7)/b13-9-;12-8-;/t22-,23+,24+,27-,33+;19-,20+,21+,24-,29+;/m00./s1. The van der Waals surface area contributed by atoms with Crippen molar-refractivity contribution in [3.05, 3.63) is 72.8 Å². The van der Waals surface area contributed by atoms with Crippen LogP contribution in [0.5, 0.6) is 12.0 Å². The minimum atomic E-state index is -3.85. The number of hydrogen-bond acceptors (Lipinski definition) is 14. The maximum Gasteiger partial charge on any atom is 0.310 e. The third-order valence-corrected chi connectivity index (χ3v) is 24.4. The number of allylic oxidation sites excluding steroid dienone is 4. The number of carbonyl (C=O) groups is 6. The van der Waals surface area contributed by atoms with Crippen LogP contribution < -0.4 is 19.3 Å². The van der Waals surface area contributed by atoms with Crippen LogP contribution in [0.1, 0.15) is 170 Å². The Morgan fingerprint density at radius 2 is 1.07 bits per heavy atom. The Morgan fingerprint density at radius 3 is 1.48 bits per heavy atom. The molecule has 4 aliphatic heterocycles. The third kappa shape index (κ3) is 13.9. The topological polar surface area (TPSA) is 290 Å². The Kier molecular flexibility index (Phi) is 19.2. The number of sulfonamides is 2. The van der Waals surface area contributed by atoms with Crippen molar-refractivity contribution in [3.8, 4) is 12.0 Å². The van der Waals surface area contributed by atoms with Crippen LogP contribution in [0.2, 0.25) is 0 Å². The van der Waals surface area contributed by atoms with E-state index in [9.17, 15) is 50.7 Å². The first kappa shape index (κ1) is 65.5. The summed E-state index contributed by atoms with van der Waals surface area (Å²) < 4.78 is 64.6. The average Bonchev–Trinajstić information content (AvgIpc) is 1.60. The summed E-state index contributed by atoms with van der Waals surface area (Å²) in [6, 6.07) is 15.1. The summed E-state index contributed by atoms with van der Waals surface area (Å²) in [6.45, 7) is 13.1. The fourth-order valence-corrected chi connectivity index (χ4v) is 15.5. The monoisotopic (exact) mass is 1270 g/mol. The first-order chi connectivity index (χ1) is 42.3. The number of nitrogens with zero attached hydrogens (tertiary/aromatic N) is 6. The van der Waals surface area contributed by atoms with Crippen LogP contribution in [-0.4, -0.2) is 133 Å². The number of aromatic nitrogens is 4. The largest absolute Gasteiger partial charge is 0.481 e. The van der Waals surface area contributed by atoms with Crippen LogP contribution in [0.25, 0.3) is 22.1 Å². The fraction of sp³-hybridized carbons (Fsp3) is 0.636. The van der Waals surface area contributed by atoms with Gasteiger partial charge in [-0.15, -0.1) is 0 Å². The van der Waals surface area contributed by atoms with Gasteiger partial charge in [-0.3, -0.25) is 42.6 Å². The van der Waals surface area contributed by atoms with Gasteiger partial charge in [0.25, 0.3) is 12.0 Å². The van der Waals surface area contributed by atoms with Gasteiger partial charge in [0, 0.05) is 50.6 Å². The van der Waals surface area contributed by atoms with Crippen molar-refractivity contribution in [2.24, 2.45) is 39.6 Å². The zero-order chi connectivity index (χ0) is 63.8. The van der Waals surface area contributed by atoms with Crippen LogP contribution in [-0.2, 0) is 61.9 Å². The number of aryl methyl sites for hydroxylation is 2. The number of imidazole rings is 2. The molecule has 4 aromatic rings. The van der Waals surface area contributed by atoms with Gasteiger partial charge in [-0.1, -0.05) is 88.1 Å². The molecule has 4 N–H and O–H groups in total. The van der Waals surface area contributed by atoms with E-state index in [0.717, 1.165) is 99.1 Å². The average molecular weight is 1270 g/mol. The van der Waals surface area contributed by atoms with Gasteiger partial charge in [-0.05, 0) is 141 Å². The molecule has 3 amide bonds. The maximum absolute atomic E-state index is 14.1. The zero-order valence-electron chi connectivity index (χ0n) is 52.4. The van der Waals surface area contributed by atoms with Gasteiger partial charge in [-0.25, -0.2) is 22.0 Å². The molecule has 21 nitrogen and oxygen atoms in total. The van der Waals surface area contributed by atoms with E-state index in [-0.39, 0.29) is 72.5 Å². The van der Waals surface area contributed by atoms with Crippen molar-refractivity contribution in [3.63, 3.8) is 0 Å². The van der Waals surface area contributed by atoms with Crippen LogP contribution in [0.4, 0.5) is 0 Å². The van der Waals surface area contributed by atoms with Crippen LogP contribution in [0.3, 0.4) is 0 Å². The zero-order valence-corrected chi connectivity index (χ0v) is 54.1. The first-order valence-corrected chi connectivity index (χ1v) is 35.4. The molecule has 0 radical (unpaired) electrons. The number of benzene rings is 2. The second-order valence-corrected chi connectivity index (χ2v) is 31.3. The summed E-state index contributed by atoms with van der Waals surface area (Å²) in [4.78, 5) is 93.7. The number of carboxylic acid groups (broad SMARTS) is 1. The minimum absolute atomic E-state index is 0.0434. The van der Waals surface area contributed by atoms with E-state index in [4.69, 9.17) is 14.6 Å². The van der Waals surface area contributed by atoms with Crippen molar-refractivity contribution in [1.29, 1.82) is 0 Å². The number of nitrogens with one attached hydrogen (secondary N) is 1. The Hall–Kier alpha value is -6.46. The van der Waals surface area contributed by atoms with Gasteiger partial charge in [0.15, 0.2) is 11.6 Å². The number of carbonyl (C=O) groups excluding carboxylic acids is 5. The molecule has 23 heteroatoms. The number of ketones is 2. The highest BCUT2D eigenvalue weighted by Crippen LogP contribution is 2.59. The number of hydrogen-bond donors (Lipinski definition) is 3. The molecule has 4 aliphatic carbocycles. The smallest absolute Gasteiger partial charge is 0.310 e. The predicted molar refractivity (Wildman–Crippen MR) is 336 cm³/mol. The van der Waals surface area contributed by atoms with Crippen molar-refractivity contribution >= 4 is 77.4 Å². The van der Waals surface area contributed by atoms with Crippen molar-refractivity contribution in [2.45, 2.75) is 217 Å². The van der Waals surface area contributed by atoms with E-state index in [1.165, 1.54) is 0 Å². The van der Waals surface area contributed by atoms with Gasteiger partial charge in [-0.2, -0.15) is 9.97 Å². The summed E-state index contributed by atoms with van der Waals surface area (Å²) in [5.74, 6) is -2.85. The molecule has 6 heterocycles. The molecule has 12 rings (SSSR count). The molecule has 0 spiro atoms. The quantitative estimate of drug-likeness (QED) is 0.118. The van der Waals surface area contributed by atoms with E-state index < -0.39 is 70.4 Å². The lowest BCUT2D eigenvalue weighted by Gasteiger charge is -2.28. The molecule has 89 heavy (non-hydrogen) atoms. The van der Waals surface area contributed by atoms with Gasteiger partial charge in [0.05, 0.1) is 67.6 Å². The van der Waals surface area contributed by atoms with E-state index in [1.54, 1.807) is 23.6 Å². The predicted octanol–water partition coefficient (Wildman–Crippen LogP) is 8.96. The minimum Gasteiger partial charge on any atom is -0.481 e. The van der Waals surface area contributed by atoms with Crippen molar-refractivity contribution < 1.29 is 60.2 Å². The number of rotatable bonds is 11. The number of fused-ring (bicyclic) bond motifs is 6. The number of ether oxygens (including phenoxy) is 2. The van der Waals surface area contributed by atoms with E-state index in [0.29, 0.717) is 70.2 Å². The molecule has 2 aromatic carbocycles. The molecule has 2 aromatic heterocycles. The first-order valence-electron chi connectivity index (χ1n) is 32.3. The van der Waals surface area contributed by atoms with Crippen LogP contribution in [0.15, 0.2) is 72.8 Å². The van der Waals surface area contributed by atoms with Gasteiger partial charge < -0.3 is 24.4 Å². The van der Waals surface area contributed by atoms with Gasteiger partial charge >= 0.3 is 5.97 Å². The summed E-state index contributed by atoms with van der Waals surface area (Å²) in [5.41, 5.74) is 1.39. The normalized spacial score (nSPS) is 31.0. The molecule has 0 unspecified atom stereocenters. The van der Waals surface area contributed by atoms with Gasteiger partial charge in [0.1, 0.15) is 12.2 Å². The van der Waals surface area contributed by atoms with E-state index in [2.05, 4.69) is 26.8 Å². The number of amides is 3. The SMILES string of the molecule is CC1(S(N)(=O)=O)CC1.CCn1c(O[C@@H]2C[C@H]3C(=O)C[C@]4(C(=O)NS(=O)(=O)C5(C)CC5)C[C@H]4/C=C\CCCCC[C@H](C)C(=O)N3C2)nc2ccccc21.CCn1c(O[C@@H]2C[C@H]3C(=O)C[C@]4(C(=O)O)C[C@H]4/C=C\CCCCC[C@H](C)C(=O)N3C2)nc2ccccc21. The molecule has 8 aliphatic rings. The molecular formula is C66H90N8O13S2. The Bertz CT molecular complexity index is 3640. The van der Waals surface area contributed by atoms with E-state index in [1.807, 2.05) is 97.5 Å². The van der Waals surface area contributed by atoms with Gasteiger partial charge in [0.2, 0.25) is 37.8 Å². The number of para-hydroxylation sites is 4.